The molecule has 0 aliphatic heterocycles. The maximum Gasteiger partial charge on any atom is 0.407 e. The van der Waals surface area contributed by atoms with Gasteiger partial charge < -0.3 is 15.4 Å². The van der Waals surface area contributed by atoms with Crippen LogP contribution in [-0.4, -0.2) is 21.5 Å². The van der Waals surface area contributed by atoms with Crippen molar-refractivity contribution in [3.63, 3.8) is 0 Å². The molecule has 0 spiro atoms. The Morgan fingerprint density at radius 1 is 1.24 bits per heavy atom. The second-order valence-corrected chi connectivity index (χ2v) is 6.98. The highest BCUT2D eigenvalue weighted by molar-refractivity contribution is 5.68. The number of ether oxygens (including phenoxy) is 1. The second-order valence-electron chi connectivity index (χ2n) is 6.98. The number of amides is 1. The van der Waals surface area contributed by atoms with E-state index in [1.165, 1.54) is 0 Å². The summed E-state index contributed by atoms with van der Waals surface area (Å²) < 4.78 is 7.22. The molecule has 2 aromatic rings. The maximum absolute atomic E-state index is 11.8. The monoisotopic (exact) mass is 344 g/mol. The highest BCUT2D eigenvalue weighted by atomic mass is 16.6. The molecule has 0 unspecified atom stereocenters. The van der Waals surface area contributed by atoms with Crippen LogP contribution in [0, 0.1) is 0 Å². The number of nitrogens with zero attached hydrogens (tertiary/aromatic N) is 2. The van der Waals surface area contributed by atoms with E-state index in [0.717, 1.165) is 29.8 Å². The third kappa shape index (κ3) is 6.49. The Balaban J connectivity index is 1.92. The Kier molecular flexibility index (Phi) is 6.44. The Morgan fingerprint density at radius 2 is 2.00 bits per heavy atom. The minimum absolute atomic E-state index is 0.410. The van der Waals surface area contributed by atoms with E-state index < -0.39 is 11.7 Å². The highest BCUT2D eigenvalue weighted by Gasteiger charge is 2.16. The van der Waals surface area contributed by atoms with E-state index in [-0.39, 0.29) is 0 Å². The summed E-state index contributed by atoms with van der Waals surface area (Å²) in [5.74, 6) is 0. The standard InChI is InChI=1S/C19H28N4O2/c1-5-10-23-14-15(12-22-23)11-20-17-9-7-6-8-16(17)13-21-18(24)25-19(2,3)4/h6-9,12,14,20H,5,10-11,13H2,1-4H3,(H,21,24). The predicted octanol–water partition coefficient (Wildman–Crippen LogP) is 3.93. The van der Waals surface area contributed by atoms with Crippen molar-refractivity contribution < 1.29 is 9.53 Å². The Hall–Kier alpha value is -2.50. The van der Waals surface area contributed by atoms with E-state index >= 15 is 0 Å². The third-order valence-electron chi connectivity index (χ3n) is 3.46. The number of nitrogens with one attached hydrogen (secondary N) is 2. The first kappa shape index (κ1) is 18.8. The van der Waals surface area contributed by atoms with Crippen molar-refractivity contribution in [2.24, 2.45) is 0 Å². The topological polar surface area (TPSA) is 68.2 Å². The van der Waals surface area contributed by atoms with Crippen molar-refractivity contribution in [3.8, 4) is 0 Å². The lowest BCUT2D eigenvalue weighted by Crippen LogP contribution is -2.32. The zero-order valence-corrected chi connectivity index (χ0v) is 15.5. The summed E-state index contributed by atoms with van der Waals surface area (Å²) >= 11 is 0. The molecular formula is C19H28N4O2. The molecule has 0 aliphatic rings. The number of alkyl carbamates (subject to hydrolysis) is 1. The normalized spacial score (nSPS) is 11.2. The summed E-state index contributed by atoms with van der Waals surface area (Å²) in [6.07, 6.45) is 4.58. The van der Waals surface area contributed by atoms with Gasteiger partial charge in [-0.2, -0.15) is 5.10 Å². The van der Waals surface area contributed by atoms with Crippen LogP contribution in [0.3, 0.4) is 0 Å². The molecule has 1 heterocycles. The fourth-order valence-corrected chi connectivity index (χ4v) is 2.37. The zero-order valence-electron chi connectivity index (χ0n) is 15.5. The predicted molar refractivity (Wildman–Crippen MR) is 99.4 cm³/mol. The fourth-order valence-electron chi connectivity index (χ4n) is 2.37. The number of rotatable bonds is 7. The van der Waals surface area contributed by atoms with Gasteiger partial charge >= 0.3 is 6.09 Å². The largest absolute Gasteiger partial charge is 0.444 e. The average Bonchev–Trinajstić information content (AvgIpc) is 2.98. The molecule has 2 N–H and O–H groups in total. The number of aromatic nitrogens is 2. The van der Waals surface area contributed by atoms with Crippen LogP contribution < -0.4 is 10.6 Å². The van der Waals surface area contributed by atoms with Gasteiger partial charge in [-0.15, -0.1) is 0 Å². The molecule has 0 atom stereocenters. The molecule has 136 valence electrons. The summed E-state index contributed by atoms with van der Waals surface area (Å²) in [5, 5.41) is 10.5. The molecule has 0 aliphatic carbocycles. The Morgan fingerprint density at radius 3 is 2.72 bits per heavy atom. The van der Waals surface area contributed by atoms with Gasteiger partial charge in [0.1, 0.15) is 5.60 Å². The lowest BCUT2D eigenvalue weighted by molar-refractivity contribution is 0.0523. The molecule has 1 amide bonds. The van der Waals surface area contributed by atoms with Gasteiger partial charge in [-0.05, 0) is 38.8 Å². The fraction of sp³-hybridized carbons (Fsp3) is 0.474. The molecule has 0 saturated carbocycles. The van der Waals surface area contributed by atoms with E-state index in [1.54, 1.807) is 0 Å². The van der Waals surface area contributed by atoms with E-state index in [2.05, 4.69) is 28.9 Å². The van der Waals surface area contributed by atoms with Crippen molar-refractivity contribution >= 4 is 11.8 Å². The summed E-state index contributed by atoms with van der Waals surface area (Å²) in [5.41, 5.74) is 2.62. The third-order valence-corrected chi connectivity index (χ3v) is 3.46. The van der Waals surface area contributed by atoms with Gasteiger partial charge in [0.25, 0.3) is 0 Å². The van der Waals surface area contributed by atoms with Gasteiger partial charge in [0, 0.05) is 37.1 Å². The average molecular weight is 344 g/mol. The molecule has 2 rings (SSSR count). The number of hydrogen-bond donors (Lipinski definition) is 2. The van der Waals surface area contributed by atoms with Crippen LogP contribution in [0.15, 0.2) is 36.7 Å². The number of hydrogen-bond acceptors (Lipinski definition) is 4. The summed E-state index contributed by atoms with van der Waals surface area (Å²) in [6.45, 7) is 9.70. The van der Waals surface area contributed by atoms with Crippen molar-refractivity contribution in [1.82, 2.24) is 15.1 Å². The number of para-hydroxylation sites is 1. The minimum Gasteiger partial charge on any atom is -0.444 e. The first-order valence-corrected chi connectivity index (χ1v) is 8.67. The van der Waals surface area contributed by atoms with Crippen LogP contribution >= 0.6 is 0 Å². The lowest BCUT2D eigenvalue weighted by Gasteiger charge is -2.20. The molecule has 6 nitrogen and oxygen atoms in total. The van der Waals surface area contributed by atoms with Crippen molar-refractivity contribution in [2.75, 3.05) is 5.32 Å². The lowest BCUT2D eigenvalue weighted by atomic mass is 10.1. The first-order valence-electron chi connectivity index (χ1n) is 8.67. The van der Waals surface area contributed by atoms with E-state index in [1.807, 2.05) is 55.9 Å². The van der Waals surface area contributed by atoms with Gasteiger partial charge in [-0.3, -0.25) is 4.68 Å². The van der Waals surface area contributed by atoms with Gasteiger partial charge in [0.05, 0.1) is 6.20 Å². The van der Waals surface area contributed by atoms with Gasteiger partial charge in [-0.1, -0.05) is 25.1 Å². The quantitative estimate of drug-likeness (QED) is 0.798. The first-order chi connectivity index (χ1) is 11.9. The molecule has 1 aromatic carbocycles. The number of aryl methyl sites for hydroxylation is 1. The van der Waals surface area contributed by atoms with E-state index in [0.29, 0.717) is 13.1 Å². The molecule has 0 saturated heterocycles. The summed E-state index contributed by atoms with van der Waals surface area (Å²) in [6, 6.07) is 7.92. The van der Waals surface area contributed by atoms with Crippen LogP contribution in [0.1, 0.15) is 45.2 Å². The second kappa shape index (κ2) is 8.55. The molecule has 0 bridgehead atoms. The maximum atomic E-state index is 11.8. The van der Waals surface area contributed by atoms with Crippen molar-refractivity contribution in [3.05, 3.63) is 47.8 Å². The molecule has 0 fully saturated rings. The van der Waals surface area contributed by atoms with Crippen LogP contribution in [0.25, 0.3) is 0 Å². The molecule has 1 aromatic heterocycles. The summed E-state index contributed by atoms with van der Waals surface area (Å²) in [7, 11) is 0. The molecular weight excluding hydrogens is 316 g/mol. The molecule has 6 heteroatoms. The van der Waals surface area contributed by atoms with Crippen molar-refractivity contribution in [2.45, 2.75) is 59.4 Å². The number of carbonyl (C=O) groups is 1. The highest BCUT2D eigenvalue weighted by Crippen LogP contribution is 2.16. The SMILES string of the molecule is CCCn1cc(CNc2ccccc2CNC(=O)OC(C)(C)C)cn1. The number of carbonyl (C=O) groups excluding carboxylic acids is 1. The van der Waals surface area contributed by atoms with E-state index in [9.17, 15) is 4.79 Å². The minimum atomic E-state index is -0.500. The molecule has 25 heavy (non-hydrogen) atoms. The van der Waals surface area contributed by atoms with Crippen LogP contribution in [-0.2, 0) is 24.4 Å². The van der Waals surface area contributed by atoms with E-state index in [4.69, 9.17) is 4.74 Å². The van der Waals surface area contributed by atoms with Gasteiger partial charge in [-0.25, -0.2) is 4.79 Å². The van der Waals surface area contributed by atoms with Gasteiger partial charge in [0.2, 0.25) is 0 Å². The Labute approximate surface area is 149 Å². The number of benzene rings is 1. The van der Waals surface area contributed by atoms with Crippen LogP contribution in [0.4, 0.5) is 10.5 Å². The smallest absolute Gasteiger partial charge is 0.407 e. The number of anilines is 1. The van der Waals surface area contributed by atoms with Crippen LogP contribution in [0.5, 0.6) is 0 Å². The molecule has 0 radical (unpaired) electrons. The van der Waals surface area contributed by atoms with Gasteiger partial charge in [0.15, 0.2) is 0 Å². The van der Waals surface area contributed by atoms with Crippen molar-refractivity contribution in [1.29, 1.82) is 0 Å². The summed E-state index contributed by atoms with van der Waals surface area (Å²) in [4.78, 5) is 11.8. The zero-order chi connectivity index (χ0) is 18.3. The van der Waals surface area contributed by atoms with Crippen LogP contribution in [0.2, 0.25) is 0 Å². The Bertz CT molecular complexity index is 689.